The van der Waals surface area contributed by atoms with Crippen LogP contribution in [0.15, 0.2) is 24.3 Å². The summed E-state index contributed by atoms with van der Waals surface area (Å²) >= 11 is 0. The summed E-state index contributed by atoms with van der Waals surface area (Å²) in [6.45, 7) is 6.74. The van der Waals surface area contributed by atoms with E-state index < -0.39 is 0 Å². The molecule has 1 aromatic carbocycles. The molecule has 2 heterocycles. The lowest BCUT2D eigenvalue weighted by Crippen LogP contribution is -2.46. The molecular weight excluding hydrogens is 302 g/mol. The number of benzene rings is 1. The molecule has 1 fully saturated rings. The first-order valence-corrected chi connectivity index (χ1v) is 8.25. The molecule has 0 aliphatic carbocycles. The van der Waals surface area contributed by atoms with Crippen LogP contribution >= 0.6 is 0 Å². The molecule has 0 spiro atoms. The van der Waals surface area contributed by atoms with Crippen LogP contribution in [0, 0.1) is 18.3 Å². The van der Waals surface area contributed by atoms with Gasteiger partial charge in [0, 0.05) is 18.2 Å². The van der Waals surface area contributed by atoms with E-state index in [1.54, 1.807) is 12.1 Å². The third kappa shape index (κ3) is 2.78. The average Bonchev–Trinajstić information content (AvgIpc) is 2.96. The number of nitriles is 1. The first-order chi connectivity index (χ1) is 11.5. The summed E-state index contributed by atoms with van der Waals surface area (Å²) in [4.78, 5) is 14.8. The molecule has 124 valence electrons. The minimum absolute atomic E-state index is 0.122. The van der Waals surface area contributed by atoms with Gasteiger partial charge in [0.1, 0.15) is 11.9 Å². The smallest absolute Gasteiger partial charge is 0.245 e. The van der Waals surface area contributed by atoms with Gasteiger partial charge in [-0.3, -0.25) is 9.36 Å². The van der Waals surface area contributed by atoms with Gasteiger partial charge in [0.15, 0.2) is 5.82 Å². The largest absolute Gasteiger partial charge is 0.338 e. The quantitative estimate of drug-likeness (QED) is 0.870. The summed E-state index contributed by atoms with van der Waals surface area (Å²) in [5.74, 6) is 1.49. The molecule has 24 heavy (non-hydrogen) atoms. The Balaban J connectivity index is 2.04. The van der Waals surface area contributed by atoms with E-state index in [4.69, 9.17) is 5.26 Å². The second-order valence-electron chi connectivity index (χ2n) is 6.42. The Labute approximate surface area is 141 Å². The van der Waals surface area contributed by atoms with Gasteiger partial charge in [-0.05, 0) is 45.7 Å². The third-order valence-electron chi connectivity index (χ3n) is 4.50. The number of amides is 1. The normalized spacial score (nSPS) is 18.0. The molecule has 1 aliphatic heterocycles. The number of hydrogen-bond acceptors (Lipinski definition) is 4. The Morgan fingerprint density at radius 3 is 2.83 bits per heavy atom. The highest BCUT2D eigenvalue weighted by Gasteiger charge is 2.34. The lowest BCUT2D eigenvalue weighted by molar-refractivity contribution is -0.139. The highest BCUT2D eigenvalue weighted by atomic mass is 16.2. The van der Waals surface area contributed by atoms with Crippen LogP contribution in [0.4, 0.5) is 0 Å². The fourth-order valence-corrected chi connectivity index (χ4v) is 3.30. The first kappa shape index (κ1) is 16.2. The van der Waals surface area contributed by atoms with Crippen LogP contribution in [-0.4, -0.2) is 38.2 Å². The molecule has 1 atom stereocenters. The van der Waals surface area contributed by atoms with Crippen molar-refractivity contribution in [1.82, 2.24) is 19.7 Å². The van der Waals surface area contributed by atoms with Gasteiger partial charge < -0.3 is 4.90 Å². The minimum atomic E-state index is -0.281. The lowest BCUT2D eigenvalue weighted by Gasteiger charge is -2.36. The van der Waals surface area contributed by atoms with Gasteiger partial charge >= 0.3 is 0 Å². The topological polar surface area (TPSA) is 74.8 Å². The summed E-state index contributed by atoms with van der Waals surface area (Å²) in [6.07, 6.45) is 1.75. The molecule has 3 rings (SSSR count). The fraction of sp³-hybridized carbons (Fsp3) is 0.444. The number of rotatable bonds is 3. The SMILES string of the molecule is Cc1nnc(-c2cccc(C#N)c2)n1C1CCCN(C(C)C)C1=O. The predicted octanol–water partition coefficient (Wildman–Crippen LogP) is 2.70. The Kier molecular flexibility index (Phi) is 4.34. The predicted molar refractivity (Wildman–Crippen MR) is 90.0 cm³/mol. The molecule has 1 aliphatic rings. The standard InChI is InChI=1S/C18H21N5O/c1-12(2)22-9-5-8-16(18(22)24)23-13(3)20-21-17(23)15-7-4-6-14(10-15)11-19/h4,6-7,10,12,16H,5,8-9H2,1-3H3. The molecule has 0 saturated carbocycles. The van der Waals surface area contributed by atoms with E-state index in [2.05, 4.69) is 16.3 Å². The van der Waals surface area contributed by atoms with Crippen molar-refractivity contribution in [3.8, 4) is 17.5 Å². The second kappa shape index (κ2) is 6.44. The second-order valence-corrected chi connectivity index (χ2v) is 6.42. The van der Waals surface area contributed by atoms with Gasteiger partial charge in [-0.2, -0.15) is 5.26 Å². The van der Waals surface area contributed by atoms with Crippen molar-refractivity contribution < 1.29 is 4.79 Å². The molecule has 6 heteroatoms. The van der Waals surface area contributed by atoms with Crippen LogP contribution in [0.3, 0.4) is 0 Å². The van der Waals surface area contributed by atoms with Gasteiger partial charge in [-0.25, -0.2) is 0 Å². The molecule has 0 bridgehead atoms. The molecule has 1 unspecified atom stereocenters. The van der Waals surface area contributed by atoms with Gasteiger partial charge in [0.2, 0.25) is 5.91 Å². The number of piperidine rings is 1. The van der Waals surface area contributed by atoms with Crippen LogP contribution in [0.1, 0.15) is 44.1 Å². The van der Waals surface area contributed by atoms with Gasteiger partial charge in [0.05, 0.1) is 11.6 Å². The molecule has 1 aromatic heterocycles. The zero-order chi connectivity index (χ0) is 17.3. The molecule has 2 aromatic rings. The van der Waals surface area contributed by atoms with E-state index >= 15 is 0 Å². The van der Waals surface area contributed by atoms with E-state index in [1.165, 1.54) is 0 Å². The third-order valence-corrected chi connectivity index (χ3v) is 4.50. The van der Waals surface area contributed by atoms with Crippen LogP contribution in [0.5, 0.6) is 0 Å². The van der Waals surface area contributed by atoms with Crippen molar-refractivity contribution in [2.24, 2.45) is 0 Å². The maximum absolute atomic E-state index is 12.9. The van der Waals surface area contributed by atoms with Crippen molar-refractivity contribution in [1.29, 1.82) is 5.26 Å². The van der Waals surface area contributed by atoms with Crippen molar-refractivity contribution in [3.05, 3.63) is 35.7 Å². The van der Waals surface area contributed by atoms with Crippen LogP contribution in [-0.2, 0) is 4.79 Å². The fourth-order valence-electron chi connectivity index (χ4n) is 3.30. The zero-order valence-electron chi connectivity index (χ0n) is 14.2. The van der Waals surface area contributed by atoms with E-state index in [-0.39, 0.29) is 18.0 Å². The van der Waals surface area contributed by atoms with Crippen LogP contribution in [0.2, 0.25) is 0 Å². The number of carbonyl (C=O) groups excluding carboxylic acids is 1. The maximum Gasteiger partial charge on any atom is 0.245 e. The highest BCUT2D eigenvalue weighted by molar-refractivity contribution is 5.82. The Morgan fingerprint density at radius 1 is 1.33 bits per heavy atom. The molecular formula is C18H21N5O. The Bertz CT molecular complexity index is 802. The molecule has 1 amide bonds. The monoisotopic (exact) mass is 323 g/mol. The van der Waals surface area contributed by atoms with E-state index in [1.807, 2.05) is 42.4 Å². The van der Waals surface area contributed by atoms with Crippen molar-refractivity contribution in [3.63, 3.8) is 0 Å². The number of likely N-dealkylation sites (tertiary alicyclic amines) is 1. The van der Waals surface area contributed by atoms with Gasteiger partial charge in [-0.1, -0.05) is 12.1 Å². The number of aryl methyl sites for hydroxylation is 1. The summed E-state index contributed by atoms with van der Waals surface area (Å²) in [6, 6.07) is 9.30. The number of carbonyl (C=O) groups is 1. The van der Waals surface area contributed by atoms with Crippen LogP contribution < -0.4 is 0 Å². The molecule has 0 radical (unpaired) electrons. The average molecular weight is 323 g/mol. The van der Waals surface area contributed by atoms with Crippen LogP contribution in [0.25, 0.3) is 11.4 Å². The number of aromatic nitrogens is 3. The zero-order valence-corrected chi connectivity index (χ0v) is 14.2. The Morgan fingerprint density at radius 2 is 2.12 bits per heavy atom. The van der Waals surface area contributed by atoms with E-state index in [9.17, 15) is 4.79 Å². The molecule has 0 N–H and O–H groups in total. The van der Waals surface area contributed by atoms with Gasteiger partial charge in [-0.15, -0.1) is 10.2 Å². The summed E-state index contributed by atoms with van der Waals surface area (Å²) < 4.78 is 1.92. The van der Waals surface area contributed by atoms with E-state index in [0.29, 0.717) is 11.4 Å². The minimum Gasteiger partial charge on any atom is -0.338 e. The maximum atomic E-state index is 12.9. The van der Waals surface area contributed by atoms with Gasteiger partial charge in [0.25, 0.3) is 0 Å². The lowest BCUT2D eigenvalue weighted by atomic mass is 10.0. The summed E-state index contributed by atoms with van der Waals surface area (Å²) in [7, 11) is 0. The summed E-state index contributed by atoms with van der Waals surface area (Å²) in [5, 5.41) is 17.6. The van der Waals surface area contributed by atoms with E-state index in [0.717, 1.165) is 30.8 Å². The van der Waals surface area contributed by atoms with Crippen molar-refractivity contribution >= 4 is 5.91 Å². The number of hydrogen-bond donors (Lipinski definition) is 0. The highest BCUT2D eigenvalue weighted by Crippen LogP contribution is 2.30. The molecule has 1 saturated heterocycles. The number of nitrogens with zero attached hydrogens (tertiary/aromatic N) is 5. The van der Waals surface area contributed by atoms with Crippen molar-refractivity contribution in [2.45, 2.75) is 45.7 Å². The summed E-state index contributed by atoms with van der Waals surface area (Å²) in [5.41, 5.74) is 1.38. The Hall–Kier alpha value is -2.68. The van der Waals surface area contributed by atoms with Crippen molar-refractivity contribution in [2.75, 3.05) is 6.54 Å². The first-order valence-electron chi connectivity index (χ1n) is 8.25. The molecule has 6 nitrogen and oxygen atoms in total.